The van der Waals surface area contributed by atoms with Gasteiger partial charge in [0.05, 0.1) is 21.6 Å². The molecule has 1 aromatic heterocycles. The van der Waals surface area contributed by atoms with Crippen LogP contribution < -0.4 is 4.90 Å². The second kappa shape index (κ2) is 7.04. The Morgan fingerprint density at radius 3 is 2.72 bits per heavy atom. The van der Waals surface area contributed by atoms with Crippen molar-refractivity contribution < 1.29 is 9.59 Å². The smallest absolute Gasteiger partial charge is 0.256 e. The van der Waals surface area contributed by atoms with Gasteiger partial charge in [-0.2, -0.15) is 0 Å². The van der Waals surface area contributed by atoms with Gasteiger partial charge < -0.3 is 9.47 Å². The maximum Gasteiger partial charge on any atom is 0.256 e. The van der Waals surface area contributed by atoms with Crippen molar-refractivity contribution in [3.8, 4) is 0 Å². The number of aromatic nitrogens is 2. The van der Waals surface area contributed by atoms with Crippen LogP contribution in [0.4, 0.5) is 5.95 Å². The molecule has 0 spiro atoms. The first-order chi connectivity index (χ1) is 14.0. The van der Waals surface area contributed by atoms with Crippen LogP contribution in [0.25, 0.3) is 11.0 Å². The maximum atomic E-state index is 13.4. The van der Waals surface area contributed by atoms with Crippen LogP contribution in [-0.4, -0.2) is 45.4 Å². The number of carbonyl (C=O) groups is 2. The third-order valence-electron chi connectivity index (χ3n) is 5.65. The second-order valence-corrected chi connectivity index (χ2v) is 8.17. The van der Waals surface area contributed by atoms with Crippen LogP contribution >= 0.6 is 23.2 Å². The standard InChI is InChI=1S/C21H18Cl2N4O2/c22-13-7-8-15(23)14(12-13)19(28)25-9-3-6-18(25)20(29)27-11-10-26-17-5-2-1-4-16(17)24-21(26)27/h1-2,4-5,7-8,12,18H,3,6,9-11H2. The predicted octanol–water partition coefficient (Wildman–Crippen LogP) is 3.99. The first kappa shape index (κ1) is 18.5. The quantitative estimate of drug-likeness (QED) is 0.619. The van der Waals surface area contributed by atoms with Crippen molar-refractivity contribution >= 4 is 52.0 Å². The summed E-state index contributed by atoms with van der Waals surface area (Å²) in [5.41, 5.74) is 2.21. The highest BCUT2D eigenvalue weighted by Gasteiger charge is 2.40. The topological polar surface area (TPSA) is 58.4 Å². The number of imidazole rings is 1. The average Bonchev–Trinajstić information content (AvgIpc) is 3.43. The maximum absolute atomic E-state index is 13.4. The summed E-state index contributed by atoms with van der Waals surface area (Å²) >= 11 is 12.3. The van der Waals surface area contributed by atoms with Crippen molar-refractivity contribution in [2.75, 3.05) is 18.0 Å². The minimum absolute atomic E-state index is 0.0944. The van der Waals surface area contributed by atoms with Crippen molar-refractivity contribution in [1.82, 2.24) is 14.5 Å². The van der Waals surface area contributed by atoms with Gasteiger partial charge in [-0.15, -0.1) is 0 Å². The highest BCUT2D eigenvalue weighted by atomic mass is 35.5. The van der Waals surface area contributed by atoms with Gasteiger partial charge in [0.1, 0.15) is 6.04 Å². The molecule has 0 saturated carbocycles. The molecule has 2 aliphatic heterocycles. The van der Waals surface area contributed by atoms with E-state index in [-0.39, 0.29) is 11.8 Å². The molecule has 5 rings (SSSR count). The molecule has 0 N–H and O–H groups in total. The molecule has 29 heavy (non-hydrogen) atoms. The third-order valence-corrected chi connectivity index (χ3v) is 6.21. The monoisotopic (exact) mass is 428 g/mol. The van der Waals surface area contributed by atoms with Gasteiger partial charge in [-0.1, -0.05) is 35.3 Å². The van der Waals surface area contributed by atoms with Crippen molar-refractivity contribution in [1.29, 1.82) is 0 Å². The van der Waals surface area contributed by atoms with E-state index in [1.54, 1.807) is 28.0 Å². The van der Waals surface area contributed by atoms with E-state index in [4.69, 9.17) is 23.2 Å². The molecule has 0 aliphatic carbocycles. The number of para-hydroxylation sites is 2. The number of amides is 2. The Bertz CT molecular complexity index is 1140. The largest absolute Gasteiger partial charge is 0.327 e. The van der Waals surface area contributed by atoms with Crippen molar-refractivity contribution in [3.63, 3.8) is 0 Å². The van der Waals surface area contributed by atoms with E-state index < -0.39 is 6.04 Å². The van der Waals surface area contributed by atoms with Crippen LogP contribution in [0.5, 0.6) is 0 Å². The van der Waals surface area contributed by atoms with Crippen LogP contribution in [0.3, 0.4) is 0 Å². The average molecular weight is 429 g/mol. The fourth-order valence-corrected chi connectivity index (χ4v) is 4.63. The molecule has 6 nitrogen and oxygen atoms in total. The van der Waals surface area contributed by atoms with Gasteiger partial charge >= 0.3 is 0 Å². The van der Waals surface area contributed by atoms with Gasteiger partial charge in [0.25, 0.3) is 11.8 Å². The molecule has 8 heteroatoms. The van der Waals surface area contributed by atoms with Gasteiger partial charge in [-0.05, 0) is 43.2 Å². The van der Waals surface area contributed by atoms with E-state index in [9.17, 15) is 9.59 Å². The number of hydrogen-bond donors (Lipinski definition) is 0. The first-order valence-electron chi connectivity index (χ1n) is 9.57. The lowest BCUT2D eigenvalue weighted by Gasteiger charge is -2.27. The van der Waals surface area contributed by atoms with E-state index in [1.807, 2.05) is 24.3 Å². The summed E-state index contributed by atoms with van der Waals surface area (Å²) in [6.07, 6.45) is 1.39. The number of halogens is 2. The molecule has 0 radical (unpaired) electrons. The number of carbonyl (C=O) groups excluding carboxylic acids is 2. The summed E-state index contributed by atoms with van der Waals surface area (Å²) in [4.78, 5) is 34.5. The Morgan fingerprint density at radius 1 is 1.03 bits per heavy atom. The molecular weight excluding hydrogens is 411 g/mol. The number of anilines is 1. The number of benzene rings is 2. The number of rotatable bonds is 2. The van der Waals surface area contributed by atoms with E-state index in [2.05, 4.69) is 9.55 Å². The normalized spacial score (nSPS) is 18.5. The fourth-order valence-electron chi connectivity index (χ4n) is 4.26. The van der Waals surface area contributed by atoms with E-state index in [0.29, 0.717) is 47.6 Å². The molecule has 1 unspecified atom stereocenters. The minimum Gasteiger partial charge on any atom is -0.327 e. The van der Waals surface area contributed by atoms with Crippen LogP contribution in [0.2, 0.25) is 10.0 Å². The summed E-state index contributed by atoms with van der Waals surface area (Å²) in [7, 11) is 0. The Kier molecular flexibility index (Phi) is 4.48. The molecule has 1 atom stereocenters. The Labute approximate surface area is 177 Å². The zero-order chi connectivity index (χ0) is 20.1. The Balaban J connectivity index is 1.45. The molecule has 1 saturated heterocycles. The highest BCUT2D eigenvalue weighted by Crippen LogP contribution is 2.31. The van der Waals surface area contributed by atoms with Gasteiger partial charge in [-0.3, -0.25) is 14.5 Å². The SMILES string of the molecule is O=C(C1CCCN1C(=O)c1cc(Cl)ccc1Cl)N1CCn2c1nc1ccccc12. The van der Waals surface area contributed by atoms with Crippen LogP contribution in [-0.2, 0) is 11.3 Å². The van der Waals surface area contributed by atoms with E-state index in [1.165, 1.54) is 0 Å². The summed E-state index contributed by atoms with van der Waals surface area (Å²) in [6, 6.07) is 12.1. The molecule has 148 valence electrons. The summed E-state index contributed by atoms with van der Waals surface area (Å²) in [5.74, 6) is 0.292. The lowest BCUT2D eigenvalue weighted by atomic mass is 10.1. The van der Waals surface area contributed by atoms with Crippen LogP contribution in [0.1, 0.15) is 23.2 Å². The van der Waals surface area contributed by atoms with E-state index in [0.717, 1.165) is 17.5 Å². The number of likely N-dealkylation sites (tertiary alicyclic amines) is 1. The Hall–Kier alpha value is -2.57. The zero-order valence-corrected chi connectivity index (χ0v) is 17.0. The fraction of sp³-hybridized carbons (Fsp3) is 0.286. The molecule has 2 amide bonds. The number of hydrogen-bond acceptors (Lipinski definition) is 3. The van der Waals surface area contributed by atoms with Crippen molar-refractivity contribution in [3.05, 3.63) is 58.1 Å². The van der Waals surface area contributed by atoms with Crippen LogP contribution in [0, 0.1) is 0 Å². The Morgan fingerprint density at radius 2 is 1.86 bits per heavy atom. The van der Waals surface area contributed by atoms with Gasteiger partial charge in [0.15, 0.2) is 0 Å². The predicted molar refractivity (Wildman–Crippen MR) is 113 cm³/mol. The van der Waals surface area contributed by atoms with Crippen molar-refractivity contribution in [2.24, 2.45) is 0 Å². The van der Waals surface area contributed by atoms with Gasteiger partial charge in [0, 0.05) is 24.7 Å². The number of fused-ring (bicyclic) bond motifs is 3. The molecule has 0 bridgehead atoms. The van der Waals surface area contributed by atoms with Gasteiger partial charge in [-0.25, -0.2) is 4.98 Å². The van der Waals surface area contributed by atoms with Crippen LogP contribution in [0.15, 0.2) is 42.5 Å². The van der Waals surface area contributed by atoms with Crippen molar-refractivity contribution in [2.45, 2.75) is 25.4 Å². The second-order valence-electron chi connectivity index (χ2n) is 7.32. The van der Waals surface area contributed by atoms with E-state index >= 15 is 0 Å². The first-order valence-corrected chi connectivity index (χ1v) is 10.3. The lowest BCUT2D eigenvalue weighted by molar-refractivity contribution is -0.122. The summed E-state index contributed by atoms with van der Waals surface area (Å²) in [6.45, 7) is 1.77. The molecule has 2 aromatic carbocycles. The lowest BCUT2D eigenvalue weighted by Crippen LogP contribution is -2.47. The molecule has 1 fully saturated rings. The summed E-state index contributed by atoms with van der Waals surface area (Å²) in [5, 5.41) is 0.772. The van der Waals surface area contributed by atoms with Gasteiger partial charge in [0.2, 0.25) is 5.95 Å². The molecule has 2 aliphatic rings. The molecule has 3 heterocycles. The summed E-state index contributed by atoms with van der Waals surface area (Å²) < 4.78 is 2.06. The molecule has 3 aromatic rings. The highest BCUT2D eigenvalue weighted by molar-refractivity contribution is 6.35. The zero-order valence-electron chi connectivity index (χ0n) is 15.5. The number of nitrogens with zero attached hydrogens (tertiary/aromatic N) is 4. The molecular formula is C21H18Cl2N4O2. The third kappa shape index (κ3) is 2.98. The minimum atomic E-state index is -0.524.